The summed E-state index contributed by atoms with van der Waals surface area (Å²) >= 11 is 0. The molecule has 0 spiro atoms. The van der Waals surface area contributed by atoms with E-state index in [0.717, 1.165) is 0 Å². The Morgan fingerprint density at radius 3 is 2.47 bits per heavy atom. The minimum Gasteiger partial charge on any atom is -0.544 e. The third-order valence-corrected chi connectivity index (χ3v) is 2.06. The quantitative estimate of drug-likeness (QED) is 0.553. The minimum absolute atomic E-state index is 0.447. The van der Waals surface area contributed by atoms with Crippen LogP contribution in [0.25, 0.3) is 6.08 Å². The number of hydrogen-bond donors (Lipinski definition) is 0. The smallest absolute Gasteiger partial charge is 0.161 e. The summed E-state index contributed by atoms with van der Waals surface area (Å²) in [6, 6.07) is 6.34. The Morgan fingerprint density at radius 1 is 1.35 bits per heavy atom. The van der Waals surface area contributed by atoms with E-state index in [1.54, 1.807) is 24.3 Å². The van der Waals surface area contributed by atoms with Gasteiger partial charge in [0.2, 0.25) is 0 Å². The molecule has 0 fully saturated rings. The Hall–Kier alpha value is -2.48. The highest BCUT2D eigenvalue weighted by Crippen LogP contribution is 2.28. The van der Waals surface area contributed by atoms with Gasteiger partial charge in [0.1, 0.15) is 6.07 Å². The molecule has 0 saturated heterocycles. The normalized spacial score (nSPS) is 10.5. The van der Waals surface area contributed by atoms with Gasteiger partial charge in [0, 0.05) is 0 Å². The molecule has 1 aromatic rings. The van der Waals surface area contributed by atoms with Gasteiger partial charge < -0.3 is 19.4 Å². The maximum Gasteiger partial charge on any atom is 0.161 e. The van der Waals surface area contributed by atoms with Crippen LogP contribution in [0, 0.1) is 11.3 Å². The number of carbonyl (C=O) groups is 1. The number of methoxy groups -OCH3 is 2. The molecule has 0 bridgehead atoms. The zero-order valence-corrected chi connectivity index (χ0v) is 9.39. The second kappa shape index (κ2) is 5.56. The number of carboxylic acids is 1. The molecule has 0 radical (unpaired) electrons. The number of benzene rings is 1. The molecular formula is C12H10NO4-. The lowest BCUT2D eigenvalue weighted by Gasteiger charge is -2.08. The summed E-state index contributed by atoms with van der Waals surface area (Å²) in [5.74, 6) is -0.532. The molecule has 0 aliphatic rings. The molecule has 17 heavy (non-hydrogen) atoms. The maximum absolute atomic E-state index is 10.6. The first-order valence-electron chi connectivity index (χ1n) is 4.67. The summed E-state index contributed by atoms with van der Waals surface area (Å²) in [7, 11) is 2.96. The van der Waals surface area contributed by atoms with Crippen LogP contribution in [0.2, 0.25) is 0 Å². The molecule has 0 aliphatic heterocycles. The van der Waals surface area contributed by atoms with Gasteiger partial charge in [0.25, 0.3) is 0 Å². The van der Waals surface area contributed by atoms with Crippen molar-refractivity contribution in [3.05, 3.63) is 29.3 Å². The third kappa shape index (κ3) is 2.98. The first-order valence-corrected chi connectivity index (χ1v) is 4.67. The van der Waals surface area contributed by atoms with E-state index in [1.165, 1.54) is 20.3 Å². The number of nitriles is 1. The van der Waals surface area contributed by atoms with Crippen LogP contribution in [-0.2, 0) is 4.79 Å². The predicted octanol–water partition coefficient (Wildman–Crippen LogP) is 0.361. The molecule has 0 unspecified atom stereocenters. The van der Waals surface area contributed by atoms with E-state index in [-0.39, 0.29) is 0 Å². The number of carboxylic acid groups (broad SMARTS) is 1. The van der Waals surface area contributed by atoms with E-state index in [1.807, 2.05) is 0 Å². The summed E-state index contributed by atoms with van der Waals surface area (Å²) in [6.07, 6.45) is 1.21. The van der Waals surface area contributed by atoms with E-state index in [0.29, 0.717) is 17.1 Å². The van der Waals surface area contributed by atoms with Crippen molar-refractivity contribution in [3.8, 4) is 17.6 Å². The summed E-state index contributed by atoms with van der Waals surface area (Å²) < 4.78 is 10.1. The van der Waals surface area contributed by atoms with Crippen LogP contribution in [0.4, 0.5) is 0 Å². The van der Waals surface area contributed by atoms with Crippen molar-refractivity contribution in [2.75, 3.05) is 14.2 Å². The van der Waals surface area contributed by atoms with E-state index in [4.69, 9.17) is 14.7 Å². The van der Waals surface area contributed by atoms with Gasteiger partial charge in [-0.05, 0) is 23.8 Å². The molecule has 0 saturated carbocycles. The van der Waals surface area contributed by atoms with Crippen molar-refractivity contribution in [1.82, 2.24) is 0 Å². The molecule has 88 valence electrons. The summed E-state index contributed by atoms with van der Waals surface area (Å²) in [5.41, 5.74) is 0.0700. The lowest BCUT2D eigenvalue weighted by atomic mass is 10.1. The first-order chi connectivity index (χ1) is 8.12. The highest BCUT2D eigenvalue weighted by atomic mass is 16.5. The summed E-state index contributed by atoms with van der Waals surface area (Å²) in [4.78, 5) is 10.6. The Bertz CT molecular complexity index is 500. The average molecular weight is 232 g/mol. The Kier molecular flexibility index (Phi) is 4.12. The average Bonchev–Trinajstić information content (AvgIpc) is 2.35. The molecule has 5 nitrogen and oxygen atoms in total. The predicted molar refractivity (Wildman–Crippen MR) is 58.1 cm³/mol. The van der Waals surface area contributed by atoms with Crippen LogP contribution in [0.15, 0.2) is 23.8 Å². The highest BCUT2D eigenvalue weighted by Gasteiger charge is 2.04. The second-order valence-corrected chi connectivity index (χ2v) is 3.07. The van der Waals surface area contributed by atoms with Gasteiger partial charge >= 0.3 is 0 Å². The van der Waals surface area contributed by atoms with Gasteiger partial charge in [-0.15, -0.1) is 0 Å². The number of nitrogens with zero attached hydrogens (tertiary/aromatic N) is 1. The standard InChI is InChI=1S/C12H11NO4/c1-16-10-4-3-8(6-11(10)17-2)5-9(7-13)12(14)15/h3-6H,1-2H3,(H,14,15)/p-1/b9-5+. The fraction of sp³-hybridized carbons (Fsp3) is 0.167. The highest BCUT2D eigenvalue weighted by molar-refractivity contribution is 5.95. The van der Waals surface area contributed by atoms with Gasteiger partial charge in [-0.3, -0.25) is 0 Å². The lowest BCUT2D eigenvalue weighted by Crippen LogP contribution is -2.23. The Balaban J connectivity index is 3.17. The fourth-order valence-electron chi connectivity index (χ4n) is 1.25. The Labute approximate surface area is 98.5 Å². The molecule has 0 aliphatic carbocycles. The SMILES string of the molecule is COc1ccc(/C=C(\C#N)C(=O)[O-])cc1OC. The summed E-state index contributed by atoms with van der Waals surface area (Å²) in [5, 5.41) is 19.1. The van der Waals surface area contributed by atoms with Crippen molar-refractivity contribution in [1.29, 1.82) is 5.26 Å². The molecule has 1 rings (SSSR count). The van der Waals surface area contributed by atoms with Crippen molar-refractivity contribution >= 4 is 12.0 Å². The molecule has 0 aromatic heterocycles. The number of aliphatic carboxylic acids is 1. The fourth-order valence-corrected chi connectivity index (χ4v) is 1.25. The van der Waals surface area contributed by atoms with Crippen LogP contribution in [0.5, 0.6) is 11.5 Å². The topological polar surface area (TPSA) is 82.4 Å². The maximum atomic E-state index is 10.6. The lowest BCUT2D eigenvalue weighted by molar-refractivity contribution is -0.298. The number of hydrogen-bond acceptors (Lipinski definition) is 5. The largest absolute Gasteiger partial charge is 0.544 e. The van der Waals surface area contributed by atoms with Crippen molar-refractivity contribution in [2.24, 2.45) is 0 Å². The molecule has 1 aromatic carbocycles. The van der Waals surface area contributed by atoms with Crippen molar-refractivity contribution in [3.63, 3.8) is 0 Å². The molecule has 0 atom stereocenters. The van der Waals surface area contributed by atoms with Gasteiger partial charge in [0.05, 0.1) is 25.8 Å². The van der Waals surface area contributed by atoms with Crippen LogP contribution in [0.1, 0.15) is 5.56 Å². The van der Waals surface area contributed by atoms with Crippen LogP contribution < -0.4 is 14.6 Å². The van der Waals surface area contributed by atoms with Gasteiger partial charge in [-0.25, -0.2) is 0 Å². The van der Waals surface area contributed by atoms with Crippen molar-refractivity contribution in [2.45, 2.75) is 0 Å². The number of rotatable bonds is 4. The van der Waals surface area contributed by atoms with Crippen molar-refractivity contribution < 1.29 is 19.4 Å². The van der Waals surface area contributed by atoms with Gasteiger partial charge in [-0.1, -0.05) is 6.07 Å². The summed E-state index contributed by atoms with van der Waals surface area (Å²) in [6.45, 7) is 0. The molecular weight excluding hydrogens is 222 g/mol. The van der Waals surface area contributed by atoms with Gasteiger partial charge in [-0.2, -0.15) is 5.26 Å². The van der Waals surface area contributed by atoms with Crippen LogP contribution >= 0.6 is 0 Å². The zero-order chi connectivity index (χ0) is 12.8. The monoisotopic (exact) mass is 232 g/mol. The van der Waals surface area contributed by atoms with E-state index < -0.39 is 11.5 Å². The zero-order valence-electron chi connectivity index (χ0n) is 9.39. The Morgan fingerprint density at radius 2 is 2.00 bits per heavy atom. The molecule has 0 heterocycles. The van der Waals surface area contributed by atoms with E-state index in [2.05, 4.69) is 0 Å². The minimum atomic E-state index is -1.51. The van der Waals surface area contributed by atoms with E-state index >= 15 is 0 Å². The third-order valence-electron chi connectivity index (χ3n) is 2.06. The second-order valence-electron chi connectivity index (χ2n) is 3.07. The number of carbonyl (C=O) groups excluding carboxylic acids is 1. The van der Waals surface area contributed by atoms with Gasteiger partial charge in [0.15, 0.2) is 11.5 Å². The first kappa shape index (κ1) is 12.6. The van der Waals surface area contributed by atoms with Crippen LogP contribution in [-0.4, -0.2) is 20.2 Å². The van der Waals surface area contributed by atoms with Crippen LogP contribution in [0.3, 0.4) is 0 Å². The molecule has 5 heteroatoms. The number of ether oxygens (including phenoxy) is 2. The molecule has 0 amide bonds. The molecule has 0 N–H and O–H groups in total. The van der Waals surface area contributed by atoms with E-state index in [9.17, 15) is 9.90 Å².